The van der Waals surface area contributed by atoms with Crippen LogP contribution in [0.2, 0.25) is 0 Å². The minimum Gasteiger partial charge on any atom is -0.377 e. The SMILES string of the molecule is Cc1nn(C)cc1CN(Cc1cccc(F)c1)CC1CCCO1. The van der Waals surface area contributed by atoms with Crippen LogP contribution in [-0.4, -0.2) is 33.9 Å². The summed E-state index contributed by atoms with van der Waals surface area (Å²) in [6.45, 7) is 5.26. The fourth-order valence-electron chi connectivity index (χ4n) is 3.20. The zero-order valence-electron chi connectivity index (χ0n) is 13.8. The monoisotopic (exact) mass is 317 g/mol. The third-order valence-electron chi connectivity index (χ3n) is 4.29. The average molecular weight is 317 g/mol. The van der Waals surface area contributed by atoms with E-state index in [0.717, 1.165) is 43.8 Å². The van der Waals surface area contributed by atoms with Crippen molar-refractivity contribution in [1.29, 1.82) is 0 Å². The number of benzene rings is 1. The Kier molecular flexibility index (Phi) is 5.08. The third-order valence-corrected chi connectivity index (χ3v) is 4.29. The molecule has 124 valence electrons. The van der Waals surface area contributed by atoms with Crippen molar-refractivity contribution < 1.29 is 9.13 Å². The van der Waals surface area contributed by atoms with Crippen LogP contribution < -0.4 is 0 Å². The molecule has 0 radical (unpaired) electrons. The molecular weight excluding hydrogens is 293 g/mol. The van der Waals surface area contributed by atoms with Gasteiger partial charge in [-0.05, 0) is 37.5 Å². The molecule has 0 aliphatic carbocycles. The van der Waals surface area contributed by atoms with Crippen molar-refractivity contribution >= 4 is 0 Å². The van der Waals surface area contributed by atoms with Crippen LogP contribution in [0.4, 0.5) is 4.39 Å². The summed E-state index contributed by atoms with van der Waals surface area (Å²) in [5.41, 5.74) is 3.25. The summed E-state index contributed by atoms with van der Waals surface area (Å²) in [7, 11) is 1.94. The number of aromatic nitrogens is 2. The van der Waals surface area contributed by atoms with E-state index in [1.54, 1.807) is 12.1 Å². The average Bonchev–Trinajstić information content (AvgIpc) is 3.09. The van der Waals surface area contributed by atoms with Crippen molar-refractivity contribution in [3.05, 3.63) is 53.1 Å². The number of aryl methyl sites for hydroxylation is 2. The Labute approximate surface area is 136 Å². The van der Waals surface area contributed by atoms with Crippen molar-refractivity contribution in [2.45, 2.75) is 39.0 Å². The topological polar surface area (TPSA) is 30.3 Å². The van der Waals surface area contributed by atoms with E-state index in [0.29, 0.717) is 6.54 Å². The van der Waals surface area contributed by atoms with Crippen molar-refractivity contribution in [3.8, 4) is 0 Å². The van der Waals surface area contributed by atoms with E-state index in [2.05, 4.69) is 16.2 Å². The Hall–Kier alpha value is -1.72. The molecule has 0 amide bonds. The molecule has 23 heavy (non-hydrogen) atoms. The molecule has 0 spiro atoms. The molecule has 1 atom stereocenters. The van der Waals surface area contributed by atoms with Gasteiger partial charge in [0, 0.05) is 45.0 Å². The summed E-state index contributed by atoms with van der Waals surface area (Å²) in [4.78, 5) is 2.33. The van der Waals surface area contributed by atoms with Gasteiger partial charge in [0.05, 0.1) is 11.8 Å². The minimum absolute atomic E-state index is 0.183. The molecule has 0 saturated carbocycles. The molecule has 2 heterocycles. The summed E-state index contributed by atoms with van der Waals surface area (Å²) in [6, 6.07) is 6.84. The van der Waals surface area contributed by atoms with Gasteiger partial charge in [-0.15, -0.1) is 0 Å². The lowest BCUT2D eigenvalue weighted by molar-refractivity contribution is 0.0678. The quantitative estimate of drug-likeness (QED) is 0.820. The van der Waals surface area contributed by atoms with Crippen molar-refractivity contribution in [2.24, 2.45) is 7.05 Å². The first-order valence-corrected chi connectivity index (χ1v) is 8.17. The van der Waals surface area contributed by atoms with Gasteiger partial charge in [-0.2, -0.15) is 5.10 Å². The molecule has 1 aliphatic rings. The van der Waals surface area contributed by atoms with Crippen LogP contribution >= 0.6 is 0 Å². The lowest BCUT2D eigenvalue weighted by Crippen LogP contribution is -2.31. The molecule has 2 aromatic rings. The largest absolute Gasteiger partial charge is 0.377 e. The third kappa shape index (κ3) is 4.39. The second-order valence-electron chi connectivity index (χ2n) is 6.35. The molecule has 1 aliphatic heterocycles. The first-order valence-electron chi connectivity index (χ1n) is 8.17. The second kappa shape index (κ2) is 7.23. The number of hydrogen-bond acceptors (Lipinski definition) is 3. The number of hydrogen-bond donors (Lipinski definition) is 0. The Bertz CT molecular complexity index is 649. The van der Waals surface area contributed by atoms with E-state index in [-0.39, 0.29) is 11.9 Å². The van der Waals surface area contributed by atoms with Gasteiger partial charge in [-0.1, -0.05) is 12.1 Å². The van der Waals surface area contributed by atoms with Gasteiger partial charge < -0.3 is 4.74 Å². The fraction of sp³-hybridized carbons (Fsp3) is 0.500. The molecule has 4 nitrogen and oxygen atoms in total. The maximum absolute atomic E-state index is 13.5. The van der Waals surface area contributed by atoms with E-state index < -0.39 is 0 Å². The molecule has 5 heteroatoms. The van der Waals surface area contributed by atoms with Crippen molar-refractivity contribution in [2.75, 3.05) is 13.2 Å². The van der Waals surface area contributed by atoms with Crippen LogP contribution in [0.1, 0.15) is 29.7 Å². The Morgan fingerprint density at radius 1 is 1.39 bits per heavy atom. The number of rotatable bonds is 6. The molecule has 0 N–H and O–H groups in total. The molecule has 3 rings (SSSR count). The Morgan fingerprint density at radius 2 is 2.26 bits per heavy atom. The van der Waals surface area contributed by atoms with Gasteiger partial charge in [-0.3, -0.25) is 9.58 Å². The number of halogens is 1. The van der Waals surface area contributed by atoms with Crippen LogP contribution in [-0.2, 0) is 24.9 Å². The van der Waals surface area contributed by atoms with Crippen LogP contribution in [0, 0.1) is 12.7 Å². The van der Waals surface area contributed by atoms with Gasteiger partial charge in [0.15, 0.2) is 0 Å². The fourth-order valence-corrected chi connectivity index (χ4v) is 3.20. The second-order valence-corrected chi connectivity index (χ2v) is 6.35. The van der Waals surface area contributed by atoms with Gasteiger partial charge in [0.1, 0.15) is 5.82 Å². The maximum Gasteiger partial charge on any atom is 0.123 e. The number of ether oxygens (including phenoxy) is 1. The van der Waals surface area contributed by atoms with Crippen molar-refractivity contribution in [3.63, 3.8) is 0 Å². The smallest absolute Gasteiger partial charge is 0.123 e. The molecule has 0 bridgehead atoms. The van der Waals surface area contributed by atoms with Crippen LogP contribution in [0.25, 0.3) is 0 Å². The van der Waals surface area contributed by atoms with Crippen LogP contribution in [0.5, 0.6) is 0 Å². The first kappa shape index (κ1) is 16.1. The Balaban J connectivity index is 1.73. The molecule has 1 saturated heterocycles. The van der Waals surface area contributed by atoms with E-state index >= 15 is 0 Å². The van der Waals surface area contributed by atoms with Gasteiger partial charge in [0.2, 0.25) is 0 Å². The lowest BCUT2D eigenvalue weighted by atomic mass is 10.1. The molecule has 1 unspecified atom stereocenters. The van der Waals surface area contributed by atoms with Crippen LogP contribution in [0.3, 0.4) is 0 Å². The van der Waals surface area contributed by atoms with Gasteiger partial charge in [0.25, 0.3) is 0 Å². The molecular formula is C18H24FN3O. The van der Waals surface area contributed by atoms with E-state index in [9.17, 15) is 4.39 Å². The zero-order valence-corrected chi connectivity index (χ0v) is 13.8. The normalized spacial score (nSPS) is 18.0. The highest BCUT2D eigenvalue weighted by molar-refractivity contribution is 5.18. The number of nitrogens with zero attached hydrogens (tertiary/aromatic N) is 3. The van der Waals surface area contributed by atoms with Crippen molar-refractivity contribution in [1.82, 2.24) is 14.7 Å². The lowest BCUT2D eigenvalue weighted by Gasteiger charge is -2.25. The predicted octanol–water partition coefficient (Wildman–Crippen LogP) is 3.05. The first-order chi connectivity index (χ1) is 11.1. The molecule has 1 fully saturated rings. The zero-order chi connectivity index (χ0) is 16.2. The highest BCUT2D eigenvalue weighted by atomic mass is 19.1. The summed E-state index contributed by atoms with van der Waals surface area (Å²) in [5.74, 6) is -0.183. The summed E-state index contributed by atoms with van der Waals surface area (Å²) in [6.07, 6.45) is 4.57. The predicted molar refractivity (Wildman–Crippen MR) is 87.4 cm³/mol. The van der Waals surface area contributed by atoms with E-state index in [1.165, 1.54) is 11.6 Å². The maximum atomic E-state index is 13.5. The van der Waals surface area contributed by atoms with E-state index in [1.807, 2.05) is 24.7 Å². The standard InChI is InChI=1S/C18H24FN3O/c1-14-16(11-21(2)20-14)12-22(13-18-7-4-8-23-18)10-15-5-3-6-17(19)9-15/h3,5-6,9,11,18H,4,7-8,10,12-13H2,1-2H3. The van der Waals surface area contributed by atoms with Gasteiger partial charge >= 0.3 is 0 Å². The minimum atomic E-state index is -0.183. The highest BCUT2D eigenvalue weighted by Crippen LogP contribution is 2.18. The Morgan fingerprint density at radius 3 is 2.91 bits per heavy atom. The van der Waals surface area contributed by atoms with Crippen LogP contribution in [0.15, 0.2) is 30.5 Å². The summed E-state index contributed by atoms with van der Waals surface area (Å²) < 4.78 is 21.1. The summed E-state index contributed by atoms with van der Waals surface area (Å²) in [5, 5.41) is 4.42. The van der Waals surface area contributed by atoms with E-state index in [4.69, 9.17) is 4.74 Å². The summed E-state index contributed by atoms with van der Waals surface area (Å²) >= 11 is 0. The molecule has 1 aromatic carbocycles. The van der Waals surface area contributed by atoms with Gasteiger partial charge in [-0.25, -0.2) is 4.39 Å². The highest BCUT2D eigenvalue weighted by Gasteiger charge is 2.20. The molecule has 1 aromatic heterocycles.